The SMILES string of the molecule is CC1CCCCN1c1nc(C2CC2)c(CN)s1. The van der Waals surface area contributed by atoms with E-state index < -0.39 is 0 Å². The molecule has 1 aliphatic carbocycles. The van der Waals surface area contributed by atoms with Crippen molar-refractivity contribution in [3.63, 3.8) is 0 Å². The molecule has 0 bridgehead atoms. The first-order valence-electron chi connectivity index (χ1n) is 6.76. The second-order valence-electron chi connectivity index (χ2n) is 5.32. The minimum absolute atomic E-state index is 0.646. The number of hydrogen-bond donors (Lipinski definition) is 1. The van der Waals surface area contributed by atoms with Gasteiger partial charge in [-0.1, -0.05) is 0 Å². The van der Waals surface area contributed by atoms with Gasteiger partial charge < -0.3 is 10.6 Å². The van der Waals surface area contributed by atoms with Crippen LogP contribution >= 0.6 is 11.3 Å². The predicted octanol–water partition coefficient (Wildman–Crippen LogP) is 2.86. The van der Waals surface area contributed by atoms with E-state index in [9.17, 15) is 0 Å². The van der Waals surface area contributed by atoms with Crippen LogP contribution in [0.15, 0.2) is 0 Å². The average Bonchev–Trinajstić information content (AvgIpc) is 3.10. The van der Waals surface area contributed by atoms with Gasteiger partial charge >= 0.3 is 0 Å². The van der Waals surface area contributed by atoms with Crippen molar-refractivity contribution in [3.05, 3.63) is 10.6 Å². The van der Waals surface area contributed by atoms with E-state index in [-0.39, 0.29) is 0 Å². The van der Waals surface area contributed by atoms with Gasteiger partial charge in [0, 0.05) is 29.9 Å². The highest BCUT2D eigenvalue weighted by molar-refractivity contribution is 7.15. The van der Waals surface area contributed by atoms with E-state index in [1.807, 2.05) is 11.3 Å². The van der Waals surface area contributed by atoms with Gasteiger partial charge in [-0.2, -0.15) is 0 Å². The topological polar surface area (TPSA) is 42.2 Å². The Hall–Kier alpha value is -0.610. The highest BCUT2D eigenvalue weighted by Crippen LogP contribution is 2.44. The molecule has 2 heterocycles. The lowest BCUT2D eigenvalue weighted by atomic mass is 10.0. The monoisotopic (exact) mass is 251 g/mol. The lowest BCUT2D eigenvalue weighted by Crippen LogP contribution is -2.37. The van der Waals surface area contributed by atoms with E-state index >= 15 is 0 Å². The summed E-state index contributed by atoms with van der Waals surface area (Å²) in [6, 6.07) is 0.646. The number of anilines is 1. The van der Waals surface area contributed by atoms with Crippen molar-refractivity contribution < 1.29 is 0 Å². The molecule has 2 aliphatic rings. The van der Waals surface area contributed by atoms with Crippen molar-refractivity contribution in [3.8, 4) is 0 Å². The van der Waals surface area contributed by atoms with Crippen LogP contribution in [-0.4, -0.2) is 17.6 Å². The number of aromatic nitrogens is 1. The third-order valence-corrected chi connectivity index (χ3v) is 5.04. The second kappa shape index (κ2) is 4.58. The number of nitrogens with two attached hydrogens (primary N) is 1. The minimum atomic E-state index is 0.646. The van der Waals surface area contributed by atoms with E-state index in [2.05, 4.69) is 11.8 Å². The van der Waals surface area contributed by atoms with E-state index in [4.69, 9.17) is 10.7 Å². The standard InChI is InChI=1S/C13H21N3S/c1-9-4-2-3-7-16(9)13-15-12(10-5-6-10)11(8-14)17-13/h9-10H,2-8,14H2,1H3. The summed E-state index contributed by atoms with van der Waals surface area (Å²) in [5, 5.41) is 1.22. The quantitative estimate of drug-likeness (QED) is 0.898. The van der Waals surface area contributed by atoms with Crippen LogP contribution in [0.3, 0.4) is 0 Å². The molecular weight excluding hydrogens is 230 g/mol. The molecule has 0 aromatic carbocycles. The summed E-state index contributed by atoms with van der Waals surface area (Å²) >= 11 is 1.83. The summed E-state index contributed by atoms with van der Waals surface area (Å²) in [7, 11) is 0. The maximum absolute atomic E-state index is 5.85. The van der Waals surface area contributed by atoms with Crippen LogP contribution in [-0.2, 0) is 6.54 Å². The van der Waals surface area contributed by atoms with Gasteiger partial charge in [-0.15, -0.1) is 11.3 Å². The van der Waals surface area contributed by atoms with Crippen LogP contribution < -0.4 is 10.6 Å². The second-order valence-corrected chi connectivity index (χ2v) is 6.38. The molecule has 1 saturated carbocycles. The number of hydrogen-bond acceptors (Lipinski definition) is 4. The Morgan fingerprint density at radius 3 is 2.82 bits per heavy atom. The zero-order valence-corrected chi connectivity index (χ0v) is 11.3. The van der Waals surface area contributed by atoms with Crippen LogP contribution in [0.1, 0.15) is 55.5 Å². The lowest BCUT2D eigenvalue weighted by Gasteiger charge is -2.33. The molecule has 3 rings (SSSR count). The van der Waals surface area contributed by atoms with Crippen LogP contribution in [0.4, 0.5) is 5.13 Å². The number of rotatable bonds is 3. The van der Waals surface area contributed by atoms with Crippen molar-refractivity contribution >= 4 is 16.5 Å². The van der Waals surface area contributed by atoms with Crippen LogP contribution in [0.5, 0.6) is 0 Å². The van der Waals surface area contributed by atoms with Gasteiger partial charge in [0.25, 0.3) is 0 Å². The molecule has 1 saturated heterocycles. The summed E-state index contributed by atoms with van der Waals surface area (Å²) in [5.74, 6) is 0.721. The first-order chi connectivity index (χ1) is 8.29. The van der Waals surface area contributed by atoms with Crippen molar-refractivity contribution in [2.24, 2.45) is 5.73 Å². The van der Waals surface area contributed by atoms with Gasteiger partial charge in [-0.05, 0) is 39.0 Å². The number of thiazole rings is 1. The minimum Gasteiger partial charge on any atom is -0.345 e. The Morgan fingerprint density at radius 2 is 2.18 bits per heavy atom. The van der Waals surface area contributed by atoms with E-state index in [0.717, 1.165) is 5.92 Å². The zero-order chi connectivity index (χ0) is 11.8. The molecular formula is C13H21N3S. The first kappa shape index (κ1) is 11.5. The molecule has 2 N–H and O–H groups in total. The molecule has 94 valence electrons. The molecule has 1 aliphatic heterocycles. The van der Waals surface area contributed by atoms with Gasteiger partial charge in [0.05, 0.1) is 5.69 Å². The Bertz CT molecular complexity index is 397. The molecule has 2 fully saturated rings. The molecule has 1 atom stereocenters. The Kier molecular flexibility index (Phi) is 3.09. The van der Waals surface area contributed by atoms with Crippen molar-refractivity contribution in [1.82, 2.24) is 4.98 Å². The highest BCUT2D eigenvalue weighted by Gasteiger charge is 2.31. The summed E-state index contributed by atoms with van der Waals surface area (Å²) in [4.78, 5) is 8.69. The predicted molar refractivity (Wildman–Crippen MR) is 72.6 cm³/mol. The van der Waals surface area contributed by atoms with E-state index in [1.165, 1.54) is 54.4 Å². The maximum Gasteiger partial charge on any atom is 0.186 e. The number of nitrogens with zero attached hydrogens (tertiary/aromatic N) is 2. The van der Waals surface area contributed by atoms with Crippen LogP contribution in [0.25, 0.3) is 0 Å². The van der Waals surface area contributed by atoms with Crippen LogP contribution in [0, 0.1) is 0 Å². The van der Waals surface area contributed by atoms with Crippen molar-refractivity contribution in [2.45, 2.75) is 57.5 Å². The lowest BCUT2D eigenvalue weighted by molar-refractivity contribution is 0.484. The van der Waals surface area contributed by atoms with Gasteiger partial charge in [0.1, 0.15) is 0 Å². The Labute approximate surface area is 107 Å². The first-order valence-corrected chi connectivity index (χ1v) is 7.57. The average molecular weight is 251 g/mol. The summed E-state index contributed by atoms with van der Waals surface area (Å²) < 4.78 is 0. The Balaban J connectivity index is 1.86. The van der Waals surface area contributed by atoms with Gasteiger partial charge in [-0.3, -0.25) is 0 Å². The van der Waals surface area contributed by atoms with Gasteiger partial charge in [0.15, 0.2) is 5.13 Å². The zero-order valence-electron chi connectivity index (χ0n) is 10.5. The van der Waals surface area contributed by atoms with Gasteiger partial charge in [-0.25, -0.2) is 4.98 Å². The van der Waals surface area contributed by atoms with Crippen molar-refractivity contribution in [2.75, 3.05) is 11.4 Å². The molecule has 17 heavy (non-hydrogen) atoms. The fourth-order valence-corrected chi connectivity index (χ4v) is 3.83. The maximum atomic E-state index is 5.85. The number of piperidine rings is 1. The summed E-state index contributed by atoms with van der Waals surface area (Å²) in [5.41, 5.74) is 7.16. The highest BCUT2D eigenvalue weighted by atomic mass is 32.1. The smallest absolute Gasteiger partial charge is 0.186 e. The third kappa shape index (κ3) is 2.20. The molecule has 1 aromatic heterocycles. The third-order valence-electron chi connectivity index (χ3n) is 3.91. The summed E-state index contributed by atoms with van der Waals surface area (Å²) in [6.07, 6.45) is 6.59. The molecule has 0 amide bonds. The molecule has 3 nitrogen and oxygen atoms in total. The normalized spacial score (nSPS) is 25.3. The molecule has 1 unspecified atom stereocenters. The van der Waals surface area contributed by atoms with Crippen LogP contribution in [0.2, 0.25) is 0 Å². The largest absolute Gasteiger partial charge is 0.345 e. The van der Waals surface area contributed by atoms with Gasteiger partial charge in [0.2, 0.25) is 0 Å². The Morgan fingerprint density at radius 1 is 1.35 bits per heavy atom. The fraction of sp³-hybridized carbons (Fsp3) is 0.769. The molecule has 0 spiro atoms. The summed E-state index contributed by atoms with van der Waals surface area (Å²) in [6.45, 7) is 4.15. The van der Waals surface area contributed by atoms with E-state index in [0.29, 0.717) is 12.6 Å². The molecule has 4 heteroatoms. The molecule has 1 aromatic rings. The van der Waals surface area contributed by atoms with Crippen molar-refractivity contribution in [1.29, 1.82) is 0 Å². The molecule has 0 radical (unpaired) electrons. The fourth-order valence-electron chi connectivity index (χ4n) is 2.68. The van der Waals surface area contributed by atoms with E-state index in [1.54, 1.807) is 0 Å².